The summed E-state index contributed by atoms with van der Waals surface area (Å²) in [6.07, 6.45) is 0. The Morgan fingerprint density at radius 1 is 1.83 bits per heavy atom. The summed E-state index contributed by atoms with van der Waals surface area (Å²) in [4.78, 5) is 0. The Morgan fingerprint density at radius 2 is 2.50 bits per heavy atom. The van der Waals surface area contributed by atoms with Crippen molar-refractivity contribution < 1.29 is 9.09 Å². The summed E-state index contributed by atoms with van der Waals surface area (Å²) < 4.78 is 14.0. The summed E-state index contributed by atoms with van der Waals surface area (Å²) in [5.41, 5.74) is 0. The van der Waals surface area contributed by atoms with Gasteiger partial charge < -0.3 is 4.52 Å². The van der Waals surface area contributed by atoms with E-state index in [9.17, 15) is 4.57 Å². The van der Waals surface area contributed by atoms with Gasteiger partial charge in [-0.05, 0) is 0 Å². The molecule has 6 heavy (non-hydrogen) atoms. The normalized spacial score (nSPS) is 10.8. The van der Waals surface area contributed by atoms with Crippen LogP contribution in [0.1, 0.15) is 0 Å². The Labute approximate surface area is 46.3 Å². The summed E-state index contributed by atoms with van der Waals surface area (Å²) >= 11 is 3.10. The molecule has 1 atom stereocenters. The standard InChI is InChI=1S/C2H6BrO2P/c3-1-2-5-6-4/h1-2,6H2. The van der Waals surface area contributed by atoms with Crippen LogP contribution in [-0.4, -0.2) is 11.9 Å². The van der Waals surface area contributed by atoms with Crippen LogP contribution in [0.3, 0.4) is 0 Å². The second kappa shape index (κ2) is 5.67. The van der Waals surface area contributed by atoms with Crippen molar-refractivity contribution in [1.29, 1.82) is 0 Å². The first kappa shape index (κ1) is 6.67. The smallest absolute Gasteiger partial charge is 0.179 e. The molecule has 0 aliphatic heterocycles. The average molecular weight is 173 g/mol. The molecule has 0 aromatic heterocycles. The second-order valence-electron chi connectivity index (χ2n) is 0.656. The third-order valence-corrected chi connectivity index (χ3v) is 0.959. The highest BCUT2D eigenvalue weighted by Crippen LogP contribution is 1.93. The zero-order valence-corrected chi connectivity index (χ0v) is 5.93. The predicted octanol–water partition coefficient (Wildman–Crippen LogP) is 1.07. The van der Waals surface area contributed by atoms with E-state index in [2.05, 4.69) is 20.5 Å². The zero-order chi connectivity index (χ0) is 4.83. The van der Waals surface area contributed by atoms with Crippen LogP contribution < -0.4 is 0 Å². The van der Waals surface area contributed by atoms with Crippen LogP contribution in [-0.2, 0) is 9.09 Å². The Morgan fingerprint density at radius 3 is 2.67 bits per heavy atom. The molecule has 0 aliphatic carbocycles. The molecule has 38 valence electrons. The molecule has 0 amide bonds. The predicted molar refractivity (Wildman–Crippen MR) is 30.1 cm³/mol. The molecule has 0 rings (SSSR count). The van der Waals surface area contributed by atoms with E-state index in [1.165, 1.54) is 0 Å². The lowest BCUT2D eigenvalue weighted by Gasteiger charge is -1.83. The van der Waals surface area contributed by atoms with Crippen molar-refractivity contribution >= 4 is 24.6 Å². The first-order valence-electron chi connectivity index (χ1n) is 1.53. The molecule has 0 aromatic rings. The van der Waals surface area contributed by atoms with E-state index >= 15 is 0 Å². The van der Waals surface area contributed by atoms with Gasteiger partial charge in [0.1, 0.15) is 0 Å². The maximum absolute atomic E-state index is 9.53. The van der Waals surface area contributed by atoms with Crippen LogP contribution in [0, 0.1) is 0 Å². The lowest BCUT2D eigenvalue weighted by molar-refractivity contribution is 0.370. The lowest BCUT2D eigenvalue weighted by Crippen LogP contribution is -1.79. The second-order valence-corrected chi connectivity index (χ2v) is 1.97. The molecule has 0 fully saturated rings. The summed E-state index contributed by atoms with van der Waals surface area (Å²) in [5, 5.41) is 0.766. The first-order chi connectivity index (χ1) is 2.91. The number of rotatable bonds is 3. The number of hydrogen-bond acceptors (Lipinski definition) is 2. The van der Waals surface area contributed by atoms with E-state index in [1.807, 2.05) is 0 Å². The molecule has 0 spiro atoms. The number of halogens is 1. The Kier molecular flexibility index (Phi) is 6.30. The summed E-state index contributed by atoms with van der Waals surface area (Å²) in [6.45, 7) is 0.554. The minimum atomic E-state index is -0.996. The fourth-order valence-electron chi connectivity index (χ4n) is 0.0927. The number of alkyl halides is 1. The fraction of sp³-hybridized carbons (Fsp3) is 1.00. The highest BCUT2D eigenvalue weighted by Gasteiger charge is 1.72. The van der Waals surface area contributed by atoms with Crippen molar-refractivity contribution in [3.63, 3.8) is 0 Å². The minimum Gasteiger partial charge on any atom is -0.332 e. The third kappa shape index (κ3) is 4.67. The molecular formula is C2H6BrO2P. The van der Waals surface area contributed by atoms with E-state index in [1.54, 1.807) is 0 Å². The fourth-order valence-corrected chi connectivity index (χ4v) is 0.839. The quantitative estimate of drug-likeness (QED) is 0.362. The topological polar surface area (TPSA) is 26.3 Å². The molecule has 4 heteroatoms. The molecule has 1 unspecified atom stereocenters. The maximum Gasteiger partial charge on any atom is 0.179 e. The van der Waals surface area contributed by atoms with Crippen molar-refractivity contribution in [3.8, 4) is 0 Å². The molecule has 0 aromatic carbocycles. The van der Waals surface area contributed by atoms with Gasteiger partial charge in [-0.1, -0.05) is 15.9 Å². The average Bonchev–Trinajstić information content (AvgIpc) is 1.61. The lowest BCUT2D eigenvalue weighted by atomic mass is 10.9. The van der Waals surface area contributed by atoms with Crippen LogP contribution >= 0.6 is 24.6 Å². The van der Waals surface area contributed by atoms with Gasteiger partial charge >= 0.3 is 0 Å². The summed E-state index contributed by atoms with van der Waals surface area (Å²) in [6, 6.07) is 0. The van der Waals surface area contributed by atoms with Crippen LogP contribution in [0.4, 0.5) is 0 Å². The molecule has 2 nitrogen and oxygen atoms in total. The van der Waals surface area contributed by atoms with Gasteiger partial charge in [-0.3, -0.25) is 4.57 Å². The summed E-state index contributed by atoms with van der Waals surface area (Å²) in [7, 11) is -0.996. The van der Waals surface area contributed by atoms with Gasteiger partial charge in [0, 0.05) is 5.33 Å². The van der Waals surface area contributed by atoms with E-state index in [0.29, 0.717) is 6.61 Å². The number of hydrogen-bond donors (Lipinski definition) is 0. The SMILES string of the molecule is O=[PH2]OCCBr. The molecule has 0 radical (unpaired) electrons. The van der Waals surface area contributed by atoms with E-state index in [4.69, 9.17) is 0 Å². The Hall–Kier alpha value is 0.670. The van der Waals surface area contributed by atoms with Gasteiger partial charge in [0.05, 0.1) is 6.61 Å². The van der Waals surface area contributed by atoms with Crippen LogP contribution in [0.5, 0.6) is 0 Å². The van der Waals surface area contributed by atoms with E-state index < -0.39 is 8.69 Å². The van der Waals surface area contributed by atoms with Crippen molar-refractivity contribution in [3.05, 3.63) is 0 Å². The Bertz CT molecular complexity index is 40.5. The van der Waals surface area contributed by atoms with Crippen molar-refractivity contribution in [1.82, 2.24) is 0 Å². The third-order valence-electron chi connectivity index (χ3n) is 0.263. The zero-order valence-electron chi connectivity index (χ0n) is 3.19. The van der Waals surface area contributed by atoms with Gasteiger partial charge in [-0.15, -0.1) is 0 Å². The highest BCUT2D eigenvalue weighted by molar-refractivity contribution is 9.09. The van der Waals surface area contributed by atoms with Gasteiger partial charge in [0.2, 0.25) is 0 Å². The monoisotopic (exact) mass is 172 g/mol. The van der Waals surface area contributed by atoms with Gasteiger partial charge in [-0.25, -0.2) is 0 Å². The largest absolute Gasteiger partial charge is 0.332 e. The molecule has 0 N–H and O–H groups in total. The van der Waals surface area contributed by atoms with Crippen molar-refractivity contribution in [2.45, 2.75) is 0 Å². The maximum atomic E-state index is 9.53. The van der Waals surface area contributed by atoms with Gasteiger partial charge in [0.25, 0.3) is 0 Å². The molecule has 0 heterocycles. The molecule has 0 saturated carbocycles. The summed E-state index contributed by atoms with van der Waals surface area (Å²) in [5.74, 6) is 0. The minimum absolute atomic E-state index is 0.554. The molecule has 0 saturated heterocycles. The van der Waals surface area contributed by atoms with Gasteiger partial charge in [0.15, 0.2) is 8.69 Å². The van der Waals surface area contributed by atoms with E-state index in [0.717, 1.165) is 5.33 Å². The van der Waals surface area contributed by atoms with Crippen LogP contribution in [0.25, 0.3) is 0 Å². The van der Waals surface area contributed by atoms with Crippen LogP contribution in [0.2, 0.25) is 0 Å². The van der Waals surface area contributed by atoms with Crippen molar-refractivity contribution in [2.24, 2.45) is 0 Å². The molecule has 0 aliphatic rings. The van der Waals surface area contributed by atoms with Crippen molar-refractivity contribution in [2.75, 3.05) is 11.9 Å². The van der Waals surface area contributed by atoms with Crippen LogP contribution in [0.15, 0.2) is 0 Å². The first-order valence-corrected chi connectivity index (χ1v) is 3.59. The van der Waals surface area contributed by atoms with E-state index in [-0.39, 0.29) is 0 Å². The Balaban J connectivity index is 2.49. The molecular weight excluding hydrogens is 167 g/mol. The van der Waals surface area contributed by atoms with Gasteiger partial charge in [-0.2, -0.15) is 0 Å². The highest BCUT2D eigenvalue weighted by atomic mass is 79.9. The molecule has 0 bridgehead atoms.